The molecule has 2 aliphatic heterocycles. The zero-order chi connectivity index (χ0) is 33.6. The van der Waals surface area contributed by atoms with Gasteiger partial charge in [0, 0.05) is 56.3 Å². The molecule has 3 aliphatic rings. The molecule has 0 spiro atoms. The average Bonchev–Trinajstić information content (AvgIpc) is 3.62. The standard InChI is InChI=1S/C38H53F2N3O3/c1-24(2)34-23-41(33(36(45)46-38(6,7)8)19-25-12-13-26-10-9-11-27(26)18-25)16-17-43(34)35(44)31-22-42(37(3,4)5)21-30(31)29-15-14-28(39)20-32(29)40/h12-15,18,20,24,30-31,33-34H,9-11,16-17,19,21-23H2,1-8H3/t30-,31+,33-,34?/m0/s1. The second kappa shape index (κ2) is 13.3. The number of esters is 1. The third-order valence-electron chi connectivity index (χ3n) is 10.2. The molecule has 2 heterocycles. The number of fused-ring (bicyclic) bond motifs is 1. The summed E-state index contributed by atoms with van der Waals surface area (Å²) in [5, 5.41) is 0. The number of amides is 1. The van der Waals surface area contributed by atoms with Gasteiger partial charge >= 0.3 is 5.97 Å². The van der Waals surface area contributed by atoms with E-state index in [0.29, 0.717) is 44.7 Å². The van der Waals surface area contributed by atoms with Gasteiger partial charge in [0.05, 0.1) is 5.92 Å². The number of halogens is 2. The molecule has 5 rings (SSSR count). The Morgan fingerprint density at radius 3 is 2.28 bits per heavy atom. The summed E-state index contributed by atoms with van der Waals surface area (Å²) in [6.45, 7) is 18.8. The van der Waals surface area contributed by atoms with E-state index in [2.05, 4.69) is 62.6 Å². The molecule has 8 heteroatoms. The molecule has 0 aromatic heterocycles. The van der Waals surface area contributed by atoms with Crippen LogP contribution in [0.2, 0.25) is 0 Å². The van der Waals surface area contributed by atoms with Gasteiger partial charge in [0.25, 0.3) is 0 Å². The van der Waals surface area contributed by atoms with Crippen molar-refractivity contribution >= 4 is 11.9 Å². The van der Waals surface area contributed by atoms with Gasteiger partial charge in [-0.15, -0.1) is 0 Å². The summed E-state index contributed by atoms with van der Waals surface area (Å²) in [6.07, 6.45) is 3.91. The number of rotatable bonds is 7. The lowest BCUT2D eigenvalue weighted by atomic mass is 9.86. The van der Waals surface area contributed by atoms with Crippen LogP contribution in [0.5, 0.6) is 0 Å². The first-order chi connectivity index (χ1) is 21.5. The van der Waals surface area contributed by atoms with Crippen LogP contribution in [0.15, 0.2) is 36.4 Å². The van der Waals surface area contributed by atoms with Crippen molar-refractivity contribution < 1.29 is 23.1 Å². The van der Waals surface area contributed by atoms with Crippen LogP contribution < -0.4 is 0 Å². The predicted octanol–water partition coefficient (Wildman–Crippen LogP) is 6.39. The highest BCUT2D eigenvalue weighted by atomic mass is 19.1. The first-order valence-corrected chi connectivity index (χ1v) is 17.1. The van der Waals surface area contributed by atoms with Gasteiger partial charge < -0.3 is 9.64 Å². The zero-order valence-corrected chi connectivity index (χ0v) is 29.0. The van der Waals surface area contributed by atoms with Crippen LogP contribution in [-0.4, -0.2) is 82.5 Å². The number of hydrogen-bond acceptors (Lipinski definition) is 5. The third-order valence-corrected chi connectivity index (χ3v) is 10.2. The molecule has 0 bridgehead atoms. The Labute approximate surface area is 274 Å². The molecule has 1 aliphatic carbocycles. The Bertz CT molecular complexity index is 1430. The average molecular weight is 638 g/mol. The molecule has 1 amide bonds. The van der Waals surface area contributed by atoms with E-state index < -0.39 is 29.2 Å². The van der Waals surface area contributed by atoms with Crippen LogP contribution in [0, 0.1) is 23.5 Å². The van der Waals surface area contributed by atoms with Crippen molar-refractivity contribution in [3.05, 3.63) is 70.3 Å². The lowest BCUT2D eigenvalue weighted by molar-refractivity contribution is -0.163. The lowest BCUT2D eigenvalue weighted by Gasteiger charge is -2.46. The van der Waals surface area contributed by atoms with Gasteiger partial charge in [-0.2, -0.15) is 0 Å². The van der Waals surface area contributed by atoms with Crippen LogP contribution in [0.1, 0.15) is 90.0 Å². The maximum atomic E-state index is 15.2. The fourth-order valence-electron chi connectivity index (χ4n) is 7.60. The van der Waals surface area contributed by atoms with Crippen molar-refractivity contribution in [1.82, 2.24) is 14.7 Å². The third kappa shape index (κ3) is 7.65. The second-order valence-corrected chi connectivity index (χ2v) is 16.0. The van der Waals surface area contributed by atoms with Crippen molar-refractivity contribution in [3.8, 4) is 0 Å². The molecular formula is C38H53F2N3O3. The Balaban J connectivity index is 1.40. The molecule has 2 aromatic rings. The van der Waals surface area contributed by atoms with Crippen LogP contribution in [0.4, 0.5) is 8.78 Å². The fraction of sp³-hybridized carbons (Fsp3) is 0.632. The van der Waals surface area contributed by atoms with Crippen LogP contribution in [-0.2, 0) is 33.6 Å². The van der Waals surface area contributed by atoms with E-state index in [4.69, 9.17) is 4.74 Å². The van der Waals surface area contributed by atoms with Crippen LogP contribution >= 0.6 is 0 Å². The van der Waals surface area contributed by atoms with E-state index in [9.17, 15) is 14.0 Å². The van der Waals surface area contributed by atoms with Crippen molar-refractivity contribution in [2.75, 3.05) is 32.7 Å². The van der Waals surface area contributed by atoms with Crippen molar-refractivity contribution in [2.24, 2.45) is 11.8 Å². The van der Waals surface area contributed by atoms with Gasteiger partial charge in [0.1, 0.15) is 23.3 Å². The highest BCUT2D eigenvalue weighted by Gasteiger charge is 2.47. The molecule has 0 saturated carbocycles. The summed E-state index contributed by atoms with van der Waals surface area (Å²) in [6, 6.07) is 9.73. The highest BCUT2D eigenvalue weighted by Crippen LogP contribution is 2.39. The molecule has 1 unspecified atom stereocenters. The van der Waals surface area contributed by atoms with Gasteiger partial charge in [0.2, 0.25) is 5.91 Å². The number of benzene rings is 2. The molecule has 46 heavy (non-hydrogen) atoms. The van der Waals surface area contributed by atoms with E-state index >= 15 is 4.39 Å². The molecule has 252 valence electrons. The number of nitrogens with zero attached hydrogens (tertiary/aromatic N) is 3. The number of ether oxygens (including phenoxy) is 1. The van der Waals surface area contributed by atoms with E-state index in [1.165, 1.54) is 29.7 Å². The summed E-state index contributed by atoms with van der Waals surface area (Å²) >= 11 is 0. The molecule has 2 aromatic carbocycles. The minimum absolute atomic E-state index is 0.00580. The van der Waals surface area contributed by atoms with E-state index in [1.54, 1.807) is 0 Å². The Morgan fingerprint density at radius 2 is 1.63 bits per heavy atom. The monoisotopic (exact) mass is 637 g/mol. The molecule has 4 atom stereocenters. The number of carbonyl (C=O) groups is 2. The van der Waals surface area contributed by atoms with Crippen LogP contribution in [0.3, 0.4) is 0 Å². The zero-order valence-electron chi connectivity index (χ0n) is 29.0. The molecule has 2 saturated heterocycles. The summed E-state index contributed by atoms with van der Waals surface area (Å²) in [5.41, 5.74) is 3.48. The van der Waals surface area contributed by atoms with E-state index in [1.807, 2.05) is 25.7 Å². The Kier molecular flexibility index (Phi) is 10.0. The number of likely N-dealkylation sites (tertiary alicyclic amines) is 1. The highest BCUT2D eigenvalue weighted by molar-refractivity contribution is 5.81. The number of hydrogen-bond donors (Lipinski definition) is 0. The topological polar surface area (TPSA) is 53.1 Å². The first-order valence-electron chi connectivity index (χ1n) is 17.1. The van der Waals surface area contributed by atoms with Crippen molar-refractivity contribution in [1.29, 1.82) is 0 Å². The van der Waals surface area contributed by atoms with E-state index in [0.717, 1.165) is 24.5 Å². The number of piperazine rings is 1. The predicted molar refractivity (Wildman–Crippen MR) is 178 cm³/mol. The lowest BCUT2D eigenvalue weighted by Crippen LogP contribution is -2.62. The van der Waals surface area contributed by atoms with Gasteiger partial charge in [-0.3, -0.25) is 19.4 Å². The normalized spacial score (nSPS) is 23.5. The fourth-order valence-corrected chi connectivity index (χ4v) is 7.60. The molecule has 0 radical (unpaired) electrons. The van der Waals surface area contributed by atoms with Gasteiger partial charge in [0.15, 0.2) is 0 Å². The van der Waals surface area contributed by atoms with Crippen LogP contribution in [0.25, 0.3) is 0 Å². The van der Waals surface area contributed by atoms with Gasteiger partial charge in [-0.25, -0.2) is 8.78 Å². The first kappa shape index (κ1) is 34.5. The smallest absolute Gasteiger partial charge is 0.324 e. The van der Waals surface area contributed by atoms with Crippen molar-refractivity contribution in [2.45, 2.75) is 110 Å². The molecule has 0 N–H and O–H groups in total. The van der Waals surface area contributed by atoms with Crippen molar-refractivity contribution in [3.63, 3.8) is 0 Å². The minimum Gasteiger partial charge on any atom is -0.459 e. The second-order valence-electron chi connectivity index (χ2n) is 16.0. The van der Waals surface area contributed by atoms with Gasteiger partial charge in [-0.1, -0.05) is 38.1 Å². The summed E-state index contributed by atoms with van der Waals surface area (Å²) < 4.78 is 35.0. The molecule has 6 nitrogen and oxygen atoms in total. The Morgan fingerprint density at radius 1 is 0.913 bits per heavy atom. The maximum absolute atomic E-state index is 15.2. The number of aryl methyl sites for hydroxylation is 2. The quantitative estimate of drug-likeness (QED) is 0.330. The SMILES string of the molecule is CC(C)C1CN([C@@H](Cc2ccc3c(c2)CCC3)C(=O)OC(C)(C)C)CCN1C(=O)[C@@H]1CN(C(C)(C)C)C[C@H]1c1ccc(F)cc1F. The summed E-state index contributed by atoms with van der Waals surface area (Å²) in [7, 11) is 0. The largest absolute Gasteiger partial charge is 0.459 e. The summed E-state index contributed by atoms with van der Waals surface area (Å²) in [4.78, 5) is 34.7. The number of carbonyl (C=O) groups excluding carboxylic acids is 2. The van der Waals surface area contributed by atoms with Gasteiger partial charge in [-0.05, 0) is 101 Å². The van der Waals surface area contributed by atoms with E-state index in [-0.39, 0.29) is 35.3 Å². The molecule has 2 fully saturated rings. The Hall–Kier alpha value is -2.84. The summed E-state index contributed by atoms with van der Waals surface area (Å²) in [5.74, 6) is -2.16. The maximum Gasteiger partial charge on any atom is 0.324 e. The minimum atomic E-state index is -0.620. The molecular weight excluding hydrogens is 584 g/mol.